The molecule has 0 aromatic carbocycles. The lowest BCUT2D eigenvalue weighted by Crippen LogP contribution is -2.23. The van der Waals surface area contributed by atoms with E-state index in [0.717, 1.165) is 0 Å². The molecule has 1 rings (SSSR count). The lowest BCUT2D eigenvalue weighted by Gasteiger charge is -2.16. The maximum atomic E-state index is 12.6. The number of hydrogen-bond donors (Lipinski definition) is 1. The highest BCUT2D eigenvalue weighted by Crippen LogP contribution is 2.41. The molecule has 0 unspecified atom stereocenters. The summed E-state index contributed by atoms with van der Waals surface area (Å²) >= 11 is 0. The SMILES string of the molecule is COC(=O)c1c(C(F)(F)F)ncc(O)c1OC(F)(F)F. The largest absolute Gasteiger partial charge is 0.573 e. The monoisotopic (exact) mass is 305 g/mol. The number of ether oxygens (including phenoxy) is 2. The van der Waals surface area contributed by atoms with Gasteiger partial charge in [-0.05, 0) is 0 Å². The Bertz CT molecular complexity index is 524. The fraction of sp³-hybridized carbons (Fsp3) is 0.333. The average Bonchev–Trinajstić information content (AvgIpc) is 2.27. The zero-order chi connectivity index (χ0) is 15.7. The summed E-state index contributed by atoms with van der Waals surface area (Å²) in [7, 11) is 0.643. The lowest BCUT2D eigenvalue weighted by atomic mass is 10.1. The van der Waals surface area contributed by atoms with Crippen LogP contribution in [-0.4, -0.2) is 29.5 Å². The van der Waals surface area contributed by atoms with E-state index in [9.17, 15) is 31.1 Å². The molecule has 1 N–H and O–H groups in total. The summed E-state index contributed by atoms with van der Waals surface area (Å²) < 4.78 is 81.3. The second-order valence-electron chi connectivity index (χ2n) is 3.23. The molecule has 1 aromatic heterocycles. The number of carbonyl (C=O) groups is 1. The van der Waals surface area contributed by atoms with E-state index in [2.05, 4.69) is 14.5 Å². The number of nitrogens with zero attached hydrogens (tertiary/aromatic N) is 1. The average molecular weight is 305 g/mol. The van der Waals surface area contributed by atoms with Crippen molar-refractivity contribution in [1.82, 2.24) is 4.98 Å². The first kappa shape index (κ1) is 15.9. The van der Waals surface area contributed by atoms with Crippen molar-refractivity contribution < 1.29 is 45.7 Å². The molecule has 0 aliphatic rings. The van der Waals surface area contributed by atoms with Crippen LogP contribution in [0.25, 0.3) is 0 Å². The maximum Gasteiger partial charge on any atom is 0.573 e. The number of aromatic hydroxyl groups is 1. The van der Waals surface area contributed by atoms with Crippen molar-refractivity contribution in [2.75, 3.05) is 7.11 Å². The van der Waals surface area contributed by atoms with Gasteiger partial charge in [0.2, 0.25) is 0 Å². The van der Waals surface area contributed by atoms with Crippen LogP contribution in [-0.2, 0) is 10.9 Å². The molecule has 112 valence electrons. The van der Waals surface area contributed by atoms with Crippen LogP contribution in [0.2, 0.25) is 0 Å². The highest BCUT2D eigenvalue weighted by Gasteiger charge is 2.43. The molecule has 20 heavy (non-hydrogen) atoms. The molecular formula is C9H5F6NO4. The fourth-order valence-electron chi connectivity index (χ4n) is 1.21. The minimum atomic E-state index is -5.43. The van der Waals surface area contributed by atoms with Crippen LogP contribution in [0.4, 0.5) is 26.3 Å². The molecule has 0 aliphatic carbocycles. The summed E-state index contributed by atoms with van der Waals surface area (Å²) in [5.41, 5.74) is -3.64. The van der Waals surface area contributed by atoms with Crippen molar-refractivity contribution in [2.24, 2.45) is 0 Å². The molecule has 0 bridgehead atoms. The Labute approximate surface area is 106 Å². The number of alkyl halides is 6. The molecular weight excluding hydrogens is 300 g/mol. The van der Waals surface area contributed by atoms with Crippen LogP contribution in [0.5, 0.6) is 11.5 Å². The van der Waals surface area contributed by atoms with Crippen LogP contribution in [0, 0.1) is 0 Å². The molecule has 0 aliphatic heterocycles. The standard InChI is InChI=1S/C9H5F6NO4/c1-19-7(18)4-5(20-9(13,14)15)3(17)2-16-6(4)8(10,11)12/h2,17H,1H3. The number of rotatable bonds is 2. The van der Waals surface area contributed by atoms with E-state index in [1.54, 1.807) is 0 Å². The smallest absolute Gasteiger partial charge is 0.503 e. The number of pyridine rings is 1. The Morgan fingerprint density at radius 3 is 2.20 bits per heavy atom. The van der Waals surface area contributed by atoms with Gasteiger partial charge in [-0.15, -0.1) is 13.2 Å². The van der Waals surface area contributed by atoms with Crippen molar-refractivity contribution >= 4 is 5.97 Å². The molecule has 0 atom stereocenters. The van der Waals surface area contributed by atoms with Crippen molar-refractivity contribution in [3.05, 3.63) is 17.5 Å². The first-order valence-electron chi connectivity index (χ1n) is 4.60. The van der Waals surface area contributed by atoms with E-state index < -0.39 is 41.3 Å². The molecule has 0 radical (unpaired) electrons. The molecule has 1 heterocycles. The van der Waals surface area contributed by atoms with Gasteiger partial charge in [-0.25, -0.2) is 9.78 Å². The Balaban J connectivity index is 3.59. The second kappa shape index (κ2) is 5.06. The predicted octanol–water partition coefficient (Wildman–Crippen LogP) is 2.49. The van der Waals surface area contributed by atoms with E-state index in [-0.39, 0.29) is 6.20 Å². The van der Waals surface area contributed by atoms with Crippen molar-refractivity contribution in [3.63, 3.8) is 0 Å². The number of esters is 1. The van der Waals surface area contributed by atoms with Crippen LogP contribution in [0.3, 0.4) is 0 Å². The first-order chi connectivity index (χ1) is 8.97. The van der Waals surface area contributed by atoms with Gasteiger partial charge in [0.15, 0.2) is 17.2 Å². The Morgan fingerprint density at radius 2 is 1.80 bits per heavy atom. The van der Waals surface area contributed by atoms with E-state index in [4.69, 9.17) is 5.11 Å². The van der Waals surface area contributed by atoms with Gasteiger partial charge >= 0.3 is 18.5 Å². The summed E-state index contributed by atoms with van der Waals surface area (Å²) in [6.45, 7) is 0. The first-order valence-corrected chi connectivity index (χ1v) is 4.60. The Hall–Kier alpha value is -2.20. The van der Waals surface area contributed by atoms with Gasteiger partial charge in [0.1, 0.15) is 5.56 Å². The quantitative estimate of drug-likeness (QED) is 0.671. The van der Waals surface area contributed by atoms with Crippen molar-refractivity contribution in [3.8, 4) is 11.5 Å². The van der Waals surface area contributed by atoms with Gasteiger partial charge in [-0.2, -0.15) is 13.2 Å². The molecule has 5 nitrogen and oxygen atoms in total. The normalized spacial score (nSPS) is 12.2. The maximum absolute atomic E-state index is 12.6. The number of methoxy groups -OCH3 is 1. The molecule has 1 aromatic rings. The molecule has 0 fully saturated rings. The minimum Gasteiger partial charge on any atom is -0.503 e. The van der Waals surface area contributed by atoms with E-state index in [1.165, 1.54) is 0 Å². The predicted molar refractivity (Wildman–Crippen MR) is 48.9 cm³/mol. The third-order valence-corrected chi connectivity index (χ3v) is 1.89. The zero-order valence-corrected chi connectivity index (χ0v) is 9.46. The molecule has 0 amide bonds. The van der Waals surface area contributed by atoms with Crippen LogP contribution in [0.15, 0.2) is 6.20 Å². The zero-order valence-electron chi connectivity index (χ0n) is 9.46. The van der Waals surface area contributed by atoms with Gasteiger partial charge in [0.05, 0.1) is 13.3 Å². The number of carbonyl (C=O) groups excluding carboxylic acids is 1. The third-order valence-electron chi connectivity index (χ3n) is 1.89. The van der Waals surface area contributed by atoms with Crippen molar-refractivity contribution in [2.45, 2.75) is 12.5 Å². The van der Waals surface area contributed by atoms with Gasteiger partial charge in [0, 0.05) is 0 Å². The van der Waals surface area contributed by atoms with Gasteiger partial charge < -0.3 is 14.6 Å². The van der Waals surface area contributed by atoms with Gasteiger partial charge in [-0.1, -0.05) is 0 Å². The van der Waals surface area contributed by atoms with Gasteiger partial charge in [0.25, 0.3) is 0 Å². The van der Waals surface area contributed by atoms with Crippen LogP contribution in [0.1, 0.15) is 16.1 Å². The summed E-state index contributed by atoms with van der Waals surface area (Å²) in [6, 6.07) is 0. The molecule has 0 saturated heterocycles. The summed E-state index contributed by atoms with van der Waals surface area (Å²) in [5, 5.41) is 9.13. The third kappa shape index (κ3) is 3.42. The number of hydrogen-bond acceptors (Lipinski definition) is 5. The highest BCUT2D eigenvalue weighted by molar-refractivity contribution is 5.94. The van der Waals surface area contributed by atoms with Crippen molar-refractivity contribution in [1.29, 1.82) is 0 Å². The van der Waals surface area contributed by atoms with E-state index in [1.807, 2.05) is 0 Å². The molecule has 0 spiro atoms. The van der Waals surface area contributed by atoms with E-state index >= 15 is 0 Å². The number of halogens is 6. The van der Waals surface area contributed by atoms with Crippen LogP contribution < -0.4 is 4.74 Å². The summed E-state index contributed by atoms with van der Waals surface area (Å²) in [5.74, 6) is -4.91. The lowest BCUT2D eigenvalue weighted by molar-refractivity contribution is -0.275. The molecule has 0 saturated carbocycles. The Morgan fingerprint density at radius 1 is 1.25 bits per heavy atom. The van der Waals surface area contributed by atoms with E-state index in [0.29, 0.717) is 7.11 Å². The fourth-order valence-corrected chi connectivity index (χ4v) is 1.21. The topological polar surface area (TPSA) is 68.7 Å². The highest BCUT2D eigenvalue weighted by atomic mass is 19.4. The molecule has 11 heteroatoms. The summed E-state index contributed by atoms with van der Waals surface area (Å²) in [6.07, 6.45) is -10.6. The second-order valence-corrected chi connectivity index (χ2v) is 3.23. The van der Waals surface area contributed by atoms with Crippen LogP contribution >= 0.6 is 0 Å². The minimum absolute atomic E-state index is 0.0797. The Kier molecular flexibility index (Phi) is 4.01. The van der Waals surface area contributed by atoms with Gasteiger partial charge in [-0.3, -0.25) is 0 Å². The summed E-state index contributed by atoms with van der Waals surface area (Å²) in [4.78, 5) is 13.9. The number of aromatic nitrogens is 1.